The second kappa shape index (κ2) is 6.58. The Bertz CT molecular complexity index is 415. The molecule has 1 aromatic carbocycles. The summed E-state index contributed by atoms with van der Waals surface area (Å²) >= 11 is 0. The highest BCUT2D eigenvalue weighted by Gasteiger charge is 2.21. The van der Waals surface area contributed by atoms with Crippen LogP contribution < -0.4 is 4.74 Å². The van der Waals surface area contributed by atoms with Gasteiger partial charge in [0.25, 0.3) is 0 Å². The van der Waals surface area contributed by atoms with E-state index in [1.165, 1.54) is 0 Å². The van der Waals surface area contributed by atoms with E-state index in [1.807, 2.05) is 6.92 Å². The number of nitro groups is 1. The van der Waals surface area contributed by atoms with Crippen molar-refractivity contribution in [2.45, 2.75) is 25.8 Å². The van der Waals surface area contributed by atoms with Crippen LogP contribution in [0.2, 0.25) is 0 Å². The second-order valence-electron chi connectivity index (χ2n) is 3.84. The van der Waals surface area contributed by atoms with E-state index < -0.39 is 18.6 Å². The van der Waals surface area contributed by atoms with Gasteiger partial charge in [0.05, 0.1) is 0 Å². The van der Waals surface area contributed by atoms with E-state index in [1.54, 1.807) is 24.3 Å². The average Bonchev–Trinajstić information content (AvgIpc) is 2.34. The van der Waals surface area contributed by atoms with Crippen LogP contribution in [0.25, 0.3) is 0 Å². The zero-order chi connectivity index (χ0) is 13.5. The minimum Gasteiger partial charge on any atom is -0.482 e. The van der Waals surface area contributed by atoms with Crippen molar-refractivity contribution in [3.05, 3.63) is 39.9 Å². The van der Waals surface area contributed by atoms with E-state index in [-0.39, 0.29) is 4.92 Å². The molecule has 1 atom stereocenters. The lowest BCUT2D eigenvalue weighted by Gasteiger charge is -2.09. The molecule has 0 spiro atoms. The molecule has 6 nitrogen and oxygen atoms in total. The van der Waals surface area contributed by atoms with Crippen LogP contribution in [0.15, 0.2) is 24.3 Å². The van der Waals surface area contributed by atoms with Gasteiger partial charge in [-0.15, -0.1) is 0 Å². The molecule has 0 aliphatic carbocycles. The highest BCUT2D eigenvalue weighted by atomic mass is 16.6. The predicted molar refractivity (Wildman–Crippen MR) is 64.2 cm³/mol. The molecule has 0 fully saturated rings. The number of hydrogen-bond acceptors (Lipinski definition) is 4. The monoisotopic (exact) mass is 253 g/mol. The lowest BCUT2D eigenvalue weighted by molar-refractivity contribution is -0.530. The van der Waals surface area contributed by atoms with E-state index in [0.717, 1.165) is 6.42 Å². The van der Waals surface area contributed by atoms with Gasteiger partial charge in [0.1, 0.15) is 5.75 Å². The van der Waals surface area contributed by atoms with Crippen LogP contribution in [0.1, 0.15) is 31.4 Å². The normalized spacial score (nSPS) is 11.8. The molecule has 98 valence electrons. The predicted octanol–water partition coefficient (Wildman–Crippen LogP) is 2.27. The van der Waals surface area contributed by atoms with Crippen LogP contribution in [0.5, 0.6) is 5.75 Å². The van der Waals surface area contributed by atoms with Gasteiger partial charge in [-0.2, -0.15) is 0 Å². The number of aliphatic carboxylic acids is 1. The summed E-state index contributed by atoms with van der Waals surface area (Å²) in [5, 5.41) is 19.3. The van der Waals surface area contributed by atoms with Gasteiger partial charge in [0, 0.05) is 16.9 Å². The number of hydrogen-bond donors (Lipinski definition) is 1. The summed E-state index contributed by atoms with van der Waals surface area (Å²) in [7, 11) is 0. The zero-order valence-corrected chi connectivity index (χ0v) is 10.0. The van der Waals surface area contributed by atoms with Crippen LogP contribution in [0.4, 0.5) is 0 Å². The maximum atomic E-state index is 10.9. The summed E-state index contributed by atoms with van der Waals surface area (Å²) < 4.78 is 4.95. The fraction of sp³-hybridized carbons (Fsp3) is 0.417. The Balaban J connectivity index is 2.73. The number of carbonyl (C=O) groups is 1. The van der Waals surface area contributed by atoms with Crippen LogP contribution in [-0.2, 0) is 4.79 Å². The molecule has 0 bridgehead atoms. The van der Waals surface area contributed by atoms with Gasteiger partial charge in [0.2, 0.25) is 6.04 Å². The maximum absolute atomic E-state index is 10.9. The summed E-state index contributed by atoms with van der Waals surface area (Å²) in [4.78, 5) is 20.9. The molecule has 0 aromatic heterocycles. The third-order valence-electron chi connectivity index (χ3n) is 2.44. The topological polar surface area (TPSA) is 89.7 Å². The first-order valence-corrected chi connectivity index (χ1v) is 5.62. The molecule has 1 N–H and O–H groups in total. The van der Waals surface area contributed by atoms with Gasteiger partial charge in [0.15, 0.2) is 6.61 Å². The number of rotatable bonds is 7. The first-order chi connectivity index (χ1) is 8.54. The van der Waals surface area contributed by atoms with E-state index in [4.69, 9.17) is 9.84 Å². The van der Waals surface area contributed by atoms with E-state index in [2.05, 4.69) is 0 Å². The molecule has 18 heavy (non-hydrogen) atoms. The molecule has 6 heteroatoms. The fourth-order valence-corrected chi connectivity index (χ4v) is 1.60. The Morgan fingerprint density at radius 2 is 2.06 bits per heavy atom. The Morgan fingerprint density at radius 1 is 1.44 bits per heavy atom. The summed E-state index contributed by atoms with van der Waals surface area (Å²) in [6, 6.07) is 5.57. The van der Waals surface area contributed by atoms with Gasteiger partial charge in [-0.3, -0.25) is 10.1 Å². The summed E-state index contributed by atoms with van der Waals surface area (Å²) in [5.74, 6) is -0.673. The average molecular weight is 253 g/mol. The van der Waals surface area contributed by atoms with Crippen molar-refractivity contribution in [2.24, 2.45) is 0 Å². The first-order valence-electron chi connectivity index (χ1n) is 5.62. The summed E-state index contributed by atoms with van der Waals surface area (Å²) in [5.41, 5.74) is 0.601. The molecule has 0 aliphatic heterocycles. The number of carboxylic acid groups (broad SMARTS) is 1. The third-order valence-corrected chi connectivity index (χ3v) is 2.44. The van der Waals surface area contributed by atoms with E-state index in [0.29, 0.717) is 17.7 Å². The quantitative estimate of drug-likeness (QED) is 0.594. The number of nitrogens with zero attached hydrogens (tertiary/aromatic N) is 1. The highest BCUT2D eigenvalue weighted by Crippen LogP contribution is 2.24. The molecular formula is C12H15NO5. The Labute approximate surface area is 104 Å². The number of ether oxygens (including phenoxy) is 1. The third kappa shape index (κ3) is 4.04. The summed E-state index contributed by atoms with van der Waals surface area (Å²) in [6.07, 6.45) is 1.20. The van der Waals surface area contributed by atoms with Crippen molar-refractivity contribution in [1.82, 2.24) is 0 Å². The summed E-state index contributed by atoms with van der Waals surface area (Å²) in [6.45, 7) is 1.47. The van der Waals surface area contributed by atoms with Crippen LogP contribution in [-0.4, -0.2) is 22.6 Å². The minimum absolute atomic E-state index is 0.309. The lowest BCUT2D eigenvalue weighted by Crippen LogP contribution is -2.11. The van der Waals surface area contributed by atoms with Crippen molar-refractivity contribution in [3.8, 4) is 5.75 Å². The van der Waals surface area contributed by atoms with Crippen LogP contribution >= 0.6 is 0 Å². The Morgan fingerprint density at radius 3 is 2.50 bits per heavy atom. The van der Waals surface area contributed by atoms with Gasteiger partial charge in [-0.25, -0.2) is 4.79 Å². The van der Waals surface area contributed by atoms with Crippen LogP contribution in [0, 0.1) is 10.1 Å². The molecular weight excluding hydrogens is 238 g/mol. The minimum atomic E-state index is -1.06. The zero-order valence-electron chi connectivity index (χ0n) is 10.0. The fourth-order valence-electron chi connectivity index (χ4n) is 1.60. The Kier molecular flexibility index (Phi) is 5.10. The SMILES string of the molecule is CCCC(c1ccc(OCC(=O)O)cc1)[N+](=O)[O-]. The second-order valence-corrected chi connectivity index (χ2v) is 3.84. The first kappa shape index (κ1) is 14.0. The largest absolute Gasteiger partial charge is 0.482 e. The van der Waals surface area contributed by atoms with Crippen molar-refractivity contribution in [1.29, 1.82) is 0 Å². The number of benzene rings is 1. The molecule has 1 unspecified atom stereocenters. The molecule has 1 aromatic rings. The van der Waals surface area contributed by atoms with Crippen LogP contribution in [0.3, 0.4) is 0 Å². The van der Waals surface area contributed by atoms with Gasteiger partial charge in [-0.05, 0) is 30.7 Å². The molecule has 1 rings (SSSR count). The van der Waals surface area contributed by atoms with Crippen molar-refractivity contribution in [2.75, 3.05) is 6.61 Å². The van der Waals surface area contributed by atoms with E-state index >= 15 is 0 Å². The Hall–Kier alpha value is -2.11. The van der Waals surface area contributed by atoms with Crippen molar-refractivity contribution in [3.63, 3.8) is 0 Å². The van der Waals surface area contributed by atoms with Gasteiger partial charge in [-0.1, -0.05) is 6.92 Å². The molecule has 0 heterocycles. The van der Waals surface area contributed by atoms with E-state index in [9.17, 15) is 14.9 Å². The smallest absolute Gasteiger partial charge is 0.341 e. The molecule has 0 saturated heterocycles. The lowest BCUT2D eigenvalue weighted by atomic mass is 10.0. The van der Waals surface area contributed by atoms with Gasteiger partial charge < -0.3 is 9.84 Å². The number of carboxylic acids is 1. The molecule has 0 saturated carbocycles. The maximum Gasteiger partial charge on any atom is 0.341 e. The highest BCUT2D eigenvalue weighted by molar-refractivity contribution is 5.68. The molecule has 0 radical (unpaired) electrons. The molecule has 0 amide bonds. The van der Waals surface area contributed by atoms with Crippen molar-refractivity contribution < 1.29 is 19.6 Å². The standard InChI is InChI=1S/C12H15NO5/c1-2-3-11(13(16)17)9-4-6-10(7-5-9)18-8-12(14)15/h4-7,11H,2-3,8H2,1H3,(H,14,15). The van der Waals surface area contributed by atoms with Crippen molar-refractivity contribution >= 4 is 5.97 Å². The van der Waals surface area contributed by atoms with Gasteiger partial charge >= 0.3 is 5.97 Å². The molecule has 0 aliphatic rings.